The number of halogens is 3. The number of esters is 1. The van der Waals surface area contributed by atoms with E-state index in [4.69, 9.17) is 0 Å². The lowest BCUT2D eigenvalue weighted by Gasteiger charge is -2.09. The van der Waals surface area contributed by atoms with Crippen LogP contribution >= 0.6 is 0 Å². The van der Waals surface area contributed by atoms with Gasteiger partial charge in [0, 0.05) is 0 Å². The van der Waals surface area contributed by atoms with Crippen molar-refractivity contribution in [3.63, 3.8) is 0 Å². The quantitative estimate of drug-likeness (QED) is 0.520. The molecule has 78 valence electrons. The Morgan fingerprint density at radius 1 is 1.46 bits per heavy atom. The van der Waals surface area contributed by atoms with Gasteiger partial charge in [-0.05, 0) is 6.42 Å². The van der Waals surface area contributed by atoms with Crippen LogP contribution in [0.25, 0.3) is 0 Å². The summed E-state index contributed by atoms with van der Waals surface area (Å²) in [5.74, 6) is -2.39. The van der Waals surface area contributed by atoms with Crippen LogP contribution in [0.15, 0.2) is 0 Å². The summed E-state index contributed by atoms with van der Waals surface area (Å²) in [5, 5.41) is -5.11. The Hall–Kier alpha value is -0.790. The van der Waals surface area contributed by atoms with Crippen molar-refractivity contribution < 1.29 is 30.6 Å². The third-order valence-electron chi connectivity index (χ3n) is 0.981. The van der Waals surface area contributed by atoms with Gasteiger partial charge < -0.3 is 4.74 Å². The minimum atomic E-state index is -6.24. The maximum absolute atomic E-state index is 12.2. The average Bonchev–Trinajstić information content (AvgIpc) is 1.97. The SMILES string of the molecule is CCCOC(=O)C(F)(F)S(=O)(=O)F. The molecule has 0 amide bonds. The molecular formula is C5H7F3O4S. The first-order chi connectivity index (χ1) is 5.73. The van der Waals surface area contributed by atoms with Crippen molar-refractivity contribution in [2.24, 2.45) is 0 Å². The van der Waals surface area contributed by atoms with Gasteiger partial charge in [-0.15, -0.1) is 0 Å². The molecule has 0 aliphatic carbocycles. The molecule has 8 heteroatoms. The highest BCUT2D eigenvalue weighted by Gasteiger charge is 2.55. The van der Waals surface area contributed by atoms with E-state index in [1.165, 1.54) is 6.92 Å². The first kappa shape index (κ1) is 12.2. The van der Waals surface area contributed by atoms with Crippen LogP contribution in [-0.4, -0.2) is 26.2 Å². The first-order valence-electron chi connectivity index (χ1n) is 3.22. The molecule has 0 unspecified atom stereocenters. The Balaban J connectivity index is 4.57. The van der Waals surface area contributed by atoms with Crippen molar-refractivity contribution in [2.75, 3.05) is 6.61 Å². The summed E-state index contributed by atoms with van der Waals surface area (Å²) in [6.45, 7) is 1.12. The largest absolute Gasteiger partial charge is 0.470 e. The molecule has 0 heterocycles. The molecule has 0 saturated heterocycles. The lowest BCUT2D eigenvalue weighted by Crippen LogP contribution is -2.37. The summed E-state index contributed by atoms with van der Waals surface area (Å²) < 4.78 is 59.4. The van der Waals surface area contributed by atoms with Gasteiger partial charge in [-0.3, -0.25) is 0 Å². The Kier molecular flexibility index (Phi) is 3.71. The number of carbonyl (C=O) groups is 1. The lowest BCUT2D eigenvalue weighted by molar-refractivity contribution is -0.161. The molecule has 0 aromatic rings. The van der Waals surface area contributed by atoms with E-state index in [9.17, 15) is 25.9 Å². The van der Waals surface area contributed by atoms with Gasteiger partial charge in [-0.1, -0.05) is 10.8 Å². The number of hydrogen-bond donors (Lipinski definition) is 0. The van der Waals surface area contributed by atoms with E-state index in [0.717, 1.165) is 0 Å². The molecule has 0 N–H and O–H groups in total. The fourth-order valence-corrected chi connectivity index (χ4v) is 0.636. The summed E-state index contributed by atoms with van der Waals surface area (Å²) in [5.41, 5.74) is 0. The smallest absolute Gasteiger partial charge is 0.460 e. The Morgan fingerprint density at radius 3 is 2.23 bits per heavy atom. The zero-order valence-electron chi connectivity index (χ0n) is 6.59. The van der Waals surface area contributed by atoms with Gasteiger partial charge in [0.05, 0.1) is 6.61 Å². The van der Waals surface area contributed by atoms with Gasteiger partial charge >= 0.3 is 21.4 Å². The molecule has 13 heavy (non-hydrogen) atoms. The second-order valence-electron chi connectivity index (χ2n) is 2.09. The van der Waals surface area contributed by atoms with Crippen molar-refractivity contribution >= 4 is 16.2 Å². The van der Waals surface area contributed by atoms with Crippen molar-refractivity contribution in [1.29, 1.82) is 0 Å². The summed E-state index contributed by atoms with van der Waals surface area (Å²) in [6.07, 6.45) is 0.230. The molecule has 0 spiro atoms. The number of carbonyl (C=O) groups excluding carboxylic acids is 1. The summed E-state index contributed by atoms with van der Waals surface area (Å²) in [6, 6.07) is 0. The molecule has 0 aliphatic heterocycles. The highest BCUT2D eigenvalue weighted by molar-refractivity contribution is 7.88. The van der Waals surface area contributed by atoms with E-state index < -0.39 is 21.4 Å². The van der Waals surface area contributed by atoms with Crippen LogP contribution in [0, 0.1) is 0 Å². The van der Waals surface area contributed by atoms with E-state index >= 15 is 0 Å². The molecule has 0 aliphatic rings. The average molecular weight is 220 g/mol. The van der Waals surface area contributed by atoms with E-state index in [0.29, 0.717) is 0 Å². The molecule has 0 aromatic carbocycles. The zero-order valence-corrected chi connectivity index (χ0v) is 7.41. The zero-order chi connectivity index (χ0) is 10.7. The summed E-state index contributed by atoms with van der Waals surface area (Å²) in [7, 11) is -6.24. The minimum Gasteiger partial charge on any atom is -0.460 e. The van der Waals surface area contributed by atoms with Crippen LogP contribution in [0.1, 0.15) is 13.3 Å². The van der Waals surface area contributed by atoms with Crippen molar-refractivity contribution in [3.8, 4) is 0 Å². The molecule has 4 nitrogen and oxygen atoms in total. The number of hydrogen-bond acceptors (Lipinski definition) is 4. The van der Waals surface area contributed by atoms with Crippen molar-refractivity contribution in [2.45, 2.75) is 18.6 Å². The first-order valence-corrected chi connectivity index (χ1v) is 4.61. The molecule has 0 saturated carbocycles. The van der Waals surface area contributed by atoms with Gasteiger partial charge in [0.1, 0.15) is 0 Å². The summed E-state index contributed by atoms with van der Waals surface area (Å²) >= 11 is 0. The van der Waals surface area contributed by atoms with Crippen molar-refractivity contribution in [3.05, 3.63) is 0 Å². The van der Waals surface area contributed by atoms with E-state index in [-0.39, 0.29) is 13.0 Å². The fourth-order valence-electron chi connectivity index (χ4n) is 0.378. The maximum Gasteiger partial charge on any atom is 0.470 e. The Bertz CT molecular complexity index is 284. The van der Waals surface area contributed by atoms with E-state index in [2.05, 4.69) is 4.74 Å². The molecule has 0 aromatic heterocycles. The van der Waals surface area contributed by atoms with E-state index in [1.54, 1.807) is 0 Å². The highest BCUT2D eigenvalue weighted by atomic mass is 32.3. The van der Waals surface area contributed by atoms with Crippen LogP contribution < -0.4 is 0 Å². The number of alkyl halides is 2. The molecule has 0 rings (SSSR count). The minimum absolute atomic E-state index is 0.230. The van der Waals surface area contributed by atoms with Gasteiger partial charge in [0.15, 0.2) is 0 Å². The lowest BCUT2D eigenvalue weighted by atomic mass is 10.5. The Labute approximate surface area is 72.9 Å². The van der Waals surface area contributed by atoms with Gasteiger partial charge in [-0.2, -0.15) is 17.2 Å². The highest BCUT2D eigenvalue weighted by Crippen LogP contribution is 2.24. The Morgan fingerprint density at radius 2 is 1.92 bits per heavy atom. The predicted octanol–water partition coefficient (Wildman–Crippen LogP) is 0.832. The molecular weight excluding hydrogens is 213 g/mol. The number of ether oxygens (including phenoxy) is 1. The molecule has 0 bridgehead atoms. The van der Waals surface area contributed by atoms with Crippen LogP contribution in [0.4, 0.5) is 12.7 Å². The van der Waals surface area contributed by atoms with Crippen LogP contribution in [0.3, 0.4) is 0 Å². The van der Waals surface area contributed by atoms with Crippen LogP contribution in [0.2, 0.25) is 0 Å². The van der Waals surface area contributed by atoms with Gasteiger partial charge in [0.2, 0.25) is 0 Å². The van der Waals surface area contributed by atoms with Crippen LogP contribution in [-0.2, 0) is 19.8 Å². The van der Waals surface area contributed by atoms with E-state index in [1.807, 2.05) is 0 Å². The fraction of sp³-hybridized carbons (Fsp3) is 0.800. The third kappa shape index (κ3) is 2.87. The predicted molar refractivity (Wildman–Crippen MR) is 36.2 cm³/mol. The van der Waals surface area contributed by atoms with Crippen LogP contribution in [0.5, 0.6) is 0 Å². The van der Waals surface area contributed by atoms with Crippen molar-refractivity contribution in [1.82, 2.24) is 0 Å². The maximum atomic E-state index is 12.2. The topological polar surface area (TPSA) is 60.4 Å². The molecule has 0 radical (unpaired) electrons. The van der Waals surface area contributed by atoms with Gasteiger partial charge in [0.25, 0.3) is 0 Å². The molecule has 0 fully saturated rings. The van der Waals surface area contributed by atoms with Gasteiger partial charge in [-0.25, -0.2) is 4.79 Å². The second-order valence-corrected chi connectivity index (χ2v) is 3.48. The third-order valence-corrected chi connectivity index (χ3v) is 1.76. The monoisotopic (exact) mass is 220 g/mol. The molecule has 0 atom stereocenters. The summed E-state index contributed by atoms with van der Waals surface area (Å²) in [4.78, 5) is 10.3. The standard InChI is InChI=1S/C5H7F3O4S/c1-2-3-12-4(9)5(6,7)13(8,10)11/h2-3H2,1H3. The normalized spacial score (nSPS) is 12.6. The second kappa shape index (κ2) is 3.95. The number of rotatable bonds is 4.